The number of carbonyl (C=O) groups is 1. The molecule has 5 heteroatoms. The summed E-state index contributed by atoms with van der Waals surface area (Å²) < 4.78 is 0. The molecule has 2 heterocycles. The van der Waals surface area contributed by atoms with E-state index in [-0.39, 0.29) is 5.78 Å². The zero-order chi connectivity index (χ0) is 13.4. The van der Waals surface area contributed by atoms with Crippen molar-refractivity contribution in [3.05, 3.63) is 40.0 Å². The second-order valence-electron chi connectivity index (χ2n) is 4.98. The zero-order valence-corrected chi connectivity index (χ0v) is 11.8. The van der Waals surface area contributed by atoms with E-state index in [1.54, 1.807) is 12.1 Å². The van der Waals surface area contributed by atoms with E-state index < -0.39 is 0 Å². The lowest BCUT2D eigenvalue weighted by Crippen LogP contribution is -2.23. The van der Waals surface area contributed by atoms with Gasteiger partial charge in [0.25, 0.3) is 0 Å². The van der Waals surface area contributed by atoms with Crippen LogP contribution in [0.4, 0.5) is 5.69 Å². The Morgan fingerprint density at radius 2 is 1.95 bits per heavy atom. The van der Waals surface area contributed by atoms with Crippen LogP contribution >= 0.6 is 23.2 Å². The Balaban J connectivity index is 1.75. The molecule has 3 nitrogen and oxygen atoms in total. The van der Waals surface area contributed by atoms with Gasteiger partial charge in [-0.2, -0.15) is 0 Å². The molecule has 2 aliphatic heterocycles. The maximum Gasteiger partial charge on any atom is 0.176 e. The highest BCUT2D eigenvalue weighted by atomic mass is 35.5. The van der Waals surface area contributed by atoms with Gasteiger partial charge in [0.2, 0.25) is 0 Å². The van der Waals surface area contributed by atoms with Crippen molar-refractivity contribution in [3.8, 4) is 0 Å². The SMILES string of the molecule is O=C1C=C(C2CCN(c3cc(Cl)cc(Cl)c3)C2)NC1. The van der Waals surface area contributed by atoms with Crippen LogP contribution in [0, 0.1) is 5.92 Å². The van der Waals surface area contributed by atoms with Gasteiger partial charge < -0.3 is 10.2 Å². The average Bonchev–Trinajstić information content (AvgIpc) is 2.95. The monoisotopic (exact) mass is 296 g/mol. The molecule has 0 bridgehead atoms. The molecule has 2 aliphatic rings. The van der Waals surface area contributed by atoms with E-state index in [9.17, 15) is 4.79 Å². The van der Waals surface area contributed by atoms with Crippen molar-refractivity contribution in [3.63, 3.8) is 0 Å². The maximum absolute atomic E-state index is 11.3. The Morgan fingerprint density at radius 3 is 2.58 bits per heavy atom. The standard InChI is InChI=1S/C14H14Cl2N2O/c15-10-3-11(16)5-12(4-10)18-2-1-9(8-18)14-6-13(19)7-17-14/h3-6,9,17H,1-2,7-8H2. The van der Waals surface area contributed by atoms with Crippen molar-refractivity contribution in [2.45, 2.75) is 6.42 Å². The molecule has 0 radical (unpaired) electrons. The Kier molecular flexibility index (Phi) is 3.42. The number of hydrogen-bond acceptors (Lipinski definition) is 3. The Morgan fingerprint density at radius 1 is 1.21 bits per heavy atom. The van der Waals surface area contributed by atoms with E-state index in [0.29, 0.717) is 22.5 Å². The fourth-order valence-corrected chi connectivity index (χ4v) is 3.21. The molecule has 1 saturated heterocycles. The fourth-order valence-electron chi connectivity index (χ4n) is 2.70. The molecule has 0 aromatic heterocycles. The van der Waals surface area contributed by atoms with Gasteiger partial charge in [0.15, 0.2) is 5.78 Å². The highest BCUT2D eigenvalue weighted by Gasteiger charge is 2.28. The summed E-state index contributed by atoms with van der Waals surface area (Å²) in [6, 6.07) is 5.59. The van der Waals surface area contributed by atoms with E-state index in [0.717, 1.165) is 30.9 Å². The lowest BCUT2D eigenvalue weighted by atomic mass is 10.1. The van der Waals surface area contributed by atoms with Crippen LogP contribution in [0.3, 0.4) is 0 Å². The minimum Gasteiger partial charge on any atom is -0.381 e. The van der Waals surface area contributed by atoms with Crippen LogP contribution in [0.25, 0.3) is 0 Å². The second-order valence-corrected chi connectivity index (χ2v) is 5.85. The second kappa shape index (κ2) is 5.06. The molecule has 1 fully saturated rings. The molecule has 1 aromatic rings. The largest absolute Gasteiger partial charge is 0.381 e. The minimum atomic E-state index is 0.166. The van der Waals surface area contributed by atoms with Crippen molar-refractivity contribution in [1.82, 2.24) is 5.32 Å². The highest BCUT2D eigenvalue weighted by Crippen LogP contribution is 2.31. The predicted octanol–water partition coefficient (Wildman–Crippen LogP) is 2.88. The molecule has 0 amide bonds. The van der Waals surface area contributed by atoms with Gasteiger partial charge in [-0.25, -0.2) is 0 Å². The molecule has 1 aromatic carbocycles. The minimum absolute atomic E-state index is 0.166. The van der Waals surface area contributed by atoms with Gasteiger partial charge in [0, 0.05) is 46.5 Å². The fraction of sp³-hybridized carbons (Fsp3) is 0.357. The zero-order valence-electron chi connectivity index (χ0n) is 10.3. The number of nitrogens with one attached hydrogen (secondary N) is 1. The summed E-state index contributed by atoms with van der Waals surface area (Å²) in [7, 11) is 0. The summed E-state index contributed by atoms with van der Waals surface area (Å²) >= 11 is 12.1. The summed E-state index contributed by atoms with van der Waals surface area (Å²) in [4.78, 5) is 13.5. The summed E-state index contributed by atoms with van der Waals surface area (Å²) in [5.74, 6) is 0.559. The van der Waals surface area contributed by atoms with Crippen molar-refractivity contribution >= 4 is 34.7 Å². The van der Waals surface area contributed by atoms with Crippen molar-refractivity contribution in [2.75, 3.05) is 24.5 Å². The van der Waals surface area contributed by atoms with Crippen LogP contribution in [-0.2, 0) is 4.79 Å². The molecule has 0 aliphatic carbocycles. The number of carbonyl (C=O) groups excluding carboxylic acids is 1. The van der Waals surface area contributed by atoms with Crippen molar-refractivity contribution in [1.29, 1.82) is 0 Å². The molecule has 0 spiro atoms. The molecule has 100 valence electrons. The highest BCUT2D eigenvalue weighted by molar-refractivity contribution is 6.35. The molecular weight excluding hydrogens is 283 g/mol. The average molecular weight is 297 g/mol. The Labute approximate surface area is 122 Å². The number of benzene rings is 1. The van der Waals surface area contributed by atoms with Crippen LogP contribution in [0.2, 0.25) is 10.0 Å². The Bertz CT molecular complexity index is 536. The summed E-state index contributed by atoms with van der Waals surface area (Å²) in [5.41, 5.74) is 2.12. The van der Waals surface area contributed by atoms with Gasteiger partial charge in [-0.15, -0.1) is 0 Å². The van der Waals surface area contributed by atoms with Gasteiger partial charge in [-0.1, -0.05) is 23.2 Å². The quantitative estimate of drug-likeness (QED) is 0.911. The lowest BCUT2D eigenvalue weighted by Gasteiger charge is -2.19. The first kappa shape index (κ1) is 12.8. The number of halogens is 2. The molecule has 1 unspecified atom stereocenters. The number of nitrogens with zero attached hydrogens (tertiary/aromatic N) is 1. The van der Waals surface area contributed by atoms with E-state index in [2.05, 4.69) is 10.2 Å². The number of hydrogen-bond donors (Lipinski definition) is 1. The summed E-state index contributed by atoms with van der Waals surface area (Å²) in [6.07, 6.45) is 2.77. The van der Waals surface area contributed by atoms with E-state index in [1.165, 1.54) is 0 Å². The number of anilines is 1. The molecule has 1 atom stereocenters. The first-order chi connectivity index (χ1) is 9.11. The van der Waals surface area contributed by atoms with E-state index >= 15 is 0 Å². The maximum atomic E-state index is 11.3. The van der Waals surface area contributed by atoms with Crippen LogP contribution < -0.4 is 10.2 Å². The molecule has 19 heavy (non-hydrogen) atoms. The van der Waals surface area contributed by atoms with Gasteiger partial charge >= 0.3 is 0 Å². The number of ketones is 1. The molecular formula is C14H14Cl2N2O. The Hall–Kier alpha value is -1.19. The van der Waals surface area contributed by atoms with Crippen molar-refractivity contribution in [2.24, 2.45) is 5.92 Å². The van der Waals surface area contributed by atoms with Gasteiger partial charge in [-0.3, -0.25) is 4.79 Å². The topological polar surface area (TPSA) is 32.3 Å². The van der Waals surface area contributed by atoms with Crippen LogP contribution in [-0.4, -0.2) is 25.4 Å². The smallest absolute Gasteiger partial charge is 0.176 e. The van der Waals surface area contributed by atoms with E-state index in [1.807, 2.05) is 12.1 Å². The van der Waals surface area contributed by atoms with Crippen LogP contribution in [0.1, 0.15) is 6.42 Å². The third-order valence-electron chi connectivity index (χ3n) is 3.62. The number of rotatable bonds is 2. The first-order valence-corrected chi connectivity index (χ1v) is 7.07. The summed E-state index contributed by atoms with van der Waals surface area (Å²) in [6.45, 7) is 2.28. The normalized spacial score (nSPS) is 22.6. The van der Waals surface area contributed by atoms with Gasteiger partial charge in [0.05, 0.1) is 6.54 Å². The van der Waals surface area contributed by atoms with Gasteiger partial charge in [-0.05, 0) is 24.6 Å². The third kappa shape index (κ3) is 2.72. The third-order valence-corrected chi connectivity index (χ3v) is 4.06. The summed E-state index contributed by atoms with van der Waals surface area (Å²) in [5, 5.41) is 4.48. The molecule has 3 rings (SSSR count). The molecule has 0 saturated carbocycles. The van der Waals surface area contributed by atoms with Crippen molar-refractivity contribution < 1.29 is 4.79 Å². The van der Waals surface area contributed by atoms with Crippen LogP contribution in [0.15, 0.2) is 30.0 Å². The van der Waals surface area contributed by atoms with Crippen LogP contribution in [0.5, 0.6) is 0 Å². The lowest BCUT2D eigenvalue weighted by molar-refractivity contribution is -0.113. The first-order valence-electron chi connectivity index (χ1n) is 6.31. The molecule has 1 N–H and O–H groups in total. The predicted molar refractivity (Wildman–Crippen MR) is 77.9 cm³/mol. The van der Waals surface area contributed by atoms with Gasteiger partial charge in [0.1, 0.15) is 0 Å². The van der Waals surface area contributed by atoms with E-state index in [4.69, 9.17) is 23.2 Å².